The zero-order chi connectivity index (χ0) is 32.1. The fraction of sp³-hybridized carbons (Fsp3) is 0.316. The summed E-state index contributed by atoms with van der Waals surface area (Å²) in [5.74, 6) is -1.11. The Kier molecular flexibility index (Phi) is 12.1. The highest BCUT2D eigenvalue weighted by molar-refractivity contribution is 5.67. The molecule has 4 aromatic rings. The summed E-state index contributed by atoms with van der Waals surface area (Å²) in [5, 5.41) is 0. The maximum absolute atomic E-state index is 12.6. The summed E-state index contributed by atoms with van der Waals surface area (Å²) in [6.45, 7) is 3.49. The minimum Gasteiger partial charge on any atom is -0.456 e. The maximum atomic E-state index is 12.6. The molecule has 8 nitrogen and oxygen atoms in total. The van der Waals surface area contributed by atoms with Gasteiger partial charge in [-0.15, -0.1) is 0 Å². The molecule has 0 aromatic heterocycles. The number of carbonyl (C=O) groups excluding carboxylic acids is 2. The van der Waals surface area contributed by atoms with Crippen LogP contribution >= 0.6 is 0 Å². The molecule has 1 fully saturated rings. The van der Waals surface area contributed by atoms with Gasteiger partial charge in [0, 0.05) is 13.8 Å². The van der Waals surface area contributed by atoms with E-state index in [1.54, 1.807) is 0 Å². The smallest absolute Gasteiger partial charge is 0.303 e. The van der Waals surface area contributed by atoms with Crippen LogP contribution in [0.2, 0.25) is 0 Å². The molecule has 0 aliphatic heterocycles. The Balaban J connectivity index is 1.56. The highest BCUT2D eigenvalue weighted by atomic mass is 16.6. The first-order chi connectivity index (χ1) is 22.5. The lowest BCUT2D eigenvalue weighted by atomic mass is 9.83. The molecule has 46 heavy (non-hydrogen) atoms. The summed E-state index contributed by atoms with van der Waals surface area (Å²) in [6.07, 6.45) is -5.44. The molecule has 0 amide bonds. The van der Waals surface area contributed by atoms with E-state index < -0.39 is 48.6 Å². The van der Waals surface area contributed by atoms with Gasteiger partial charge in [0.05, 0.1) is 26.4 Å². The van der Waals surface area contributed by atoms with Crippen LogP contribution in [0.25, 0.3) is 0 Å². The largest absolute Gasteiger partial charge is 0.456 e. The van der Waals surface area contributed by atoms with Crippen LogP contribution < -0.4 is 0 Å². The lowest BCUT2D eigenvalue weighted by Gasteiger charge is -2.48. The van der Waals surface area contributed by atoms with Gasteiger partial charge in [-0.3, -0.25) is 9.59 Å². The van der Waals surface area contributed by atoms with Crippen LogP contribution in [0.1, 0.15) is 36.1 Å². The monoisotopic (exact) mass is 624 g/mol. The Morgan fingerprint density at radius 3 is 0.826 bits per heavy atom. The second-order valence-electron chi connectivity index (χ2n) is 11.2. The number of ether oxygens (including phenoxy) is 6. The molecule has 1 saturated carbocycles. The van der Waals surface area contributed by atoms with Crippen LogP contribution in [0, 0.1) is 0 Å². The lowest BCUT2D eigenvalue weighted by Crippen LogP contribution is -2.67. The van der Waals surface area contributed by atoms with Crippen LogP contribution in [0.15, 0.2) is 121 Å². The van der Waals surface area contributed by atoms with E-state index in [4.69, 9.17) is 28.4 Å². The molecule has 0 radical (unpaired) electrons. The third kappa shape index (κ3) is 9.34. The molecule has 240 valence electrons. The molecule has 0 heterocycles. The van der Waals surface area contributed by atoms with Crippen LogP contribution in [-0.4, -0.2) is 48.6 Å². The second kappa shape index (κ2) is 16.8. The van der Waals surface area contributed by atoms with Crippen molar-refractivity contribution in [3.05, 3.63) is 144 Å². The van der Waals surface area contributed by atoms with E-state index in [1.165, 1.54) is 13.8 Å². The normalized spacial score (nSPS) is 22.6. The fourth-order valence-electron chi connectivity index (χ4n) is 5.60. The lowest BCUT2D eigenvalue weighted by molar-refractivity contribution is -0.280. The van der Waals surface area contributed by atoms with Crippen molar-refractivity contribution in [2.24, 2.45) is 0 Å². The predicted octanol–water partition coefficient (Wildman–Crippen LogP) is 6.21. The first-order valence-corrected chi connectivity index (χ1v) is 15.4. The van der Waals surface area contributed by atoms with Crippen molar-refractivity contribution in [2.45, 2.75) is 76.9 Å². The van der Waals surface area contributed by atoms with E-state index in [0.717, 1.165) is 22.3 Å². The predicted molar refractivity (Wildman–Crippen MR) is 171 cm³/mol. The van der Waals surface area contributed by atoms with Gasteiger partial charge in [-0.05, 0) is 22.3 Å². The maximum Gasteiger partial charge on any atom is 0.303 e. The summed E-state index contributed by atoms with van der Waals surface area (Å²) in [7, 11) is 0. The topological polar surface area (TPSA) is 89.5 Å². The third-order valence-corrected chi connectivity index (χ3v) is 7.69. The van der Waals surface area contributed by atoms with Crippen molar-refractivity contribution in [3.63, 3.8) is 0 Å². The van der Waals surface area contributed by atoms with Gasteiger partial charge in [0.25, 0.3) is 0 Å². The van der Waals surface area contributed by atoms with Crippen molar-refractivity contribution in [3.8, 4) is 0 Å². The average Bonchev–Trinajstić information content (AvgIpc) is 3.07. The van der Waals surface area contributed by atoms with Crippen molar-refractivity contribution in [1.82, 2.24) is 0 Å². The van der Waals surface area contributed by atoms with Gasteiger partial charge in [-0.1, -0.05) is 121 Å². The van der Waals surface area contributed by atoms with E-state index in [9.17, 15) is 9.59 Å². The van der Waals surface area contributed by atoms with Gasteiger partial charge < -0.3 is 28.4 Å². The highest BCUT2D eigenvalue weighted by Gasteiger charge is 2.57. The summed E-state index contributed by atoms with van der Waals surface area (Å²) in [6, 6.07) is 38.9. The van der Waals surface area contributed by atoms with Gasteiger partial charge in [-0.25, -0.2) is 0 Å². The van der Waals surface area contributed by atoms with Crippen molar-refractivity contribution in [2.75, 3.05) is 0 Å². The van der Waals surface area contributed by atoms with E-state index in [1.807, 2.05) is 121 Å². The Morgan fingerprint density at radius 2 is 0.609 bits per heavy atom. The van der Waals surface area contributed by atoms with Gasteiger partial charge in [0.2, 0.25) is 0 Å². The minimum absolute atomic E-state index is 0.197. The zero-order valence-electron chi connectivity index (χ0n) is 26.1. The number of carbonyl (C=O) groups is 2. The third-order valence-electron chi connectivity index (χ3n) is 7.69. The number of benzene rings is 4. The molecule has 5 rings (SSSR count). The molecular weight excluding hydrogens is 584 g/mol. The molecule has 0 saturated heterocycles. The minimum atomic E-state index is -1.05. The molecule has 0 N–H and O–H groups in total. The van der Waals surface area contributed by atoms with Gasteiger partial charge in [-0.2, -0.15) is 0 Å². The Bertz CT molecular complexity index is 1370. The number of esters is 2. The van der Waals surface area contributed by atoms with Gasteiger partial charge >= 0.3 is 11.9 Å². The summed E-state index contributed by atoms with van der Waals surface area (Å²) < 4.78 is 38.3. The summed E-state index contributed by atoms with van der Waals surface area (Å²) >= 11 is 0. The van der Waals surface area contributed by atoms with E-state index in [-0.39, 0.29) is 26.4 Å². The number of rotatable bonds is 14. The SMILES string of the molecule is CC(=O)O[C@H]1[C@H](OCc2ccccc2)[C@H](OCc2ccccc2)[C@H](OCc2ccccc2)[C@@H](OCc2ccccc2)[C@@H]1OC(C)=O. The van der Waals surface area contributed by atoms with E-state index >= 15 is 0 Å². The first kappa shape index (κ1) is 33.0. The fourth-order valence-corrected chi connectivity index (χ4v) is 5.60. The molecule has 0 unspecified atom stereocenters. The molecule has 4 aromatic carbocycles. The molecular formula is C38H40O8. The van der Waals surface area contributed by atoms with Crippen molar-refractivity contribution < 1.29 is 38.0 Å². The summed E-state index contributed by atoms with van der Waals surface area (Å²) in [5.41, 5.74) is 3.72. The Hall–Kier alpha value is -4.34. The molecule has 8 heteroatoms. The molecule has 1 aliphatic rings. The highest BCUT2D eigenvalue weighted by Crippen LogP contribution is 2.36. The standard InChI is InChI=1S/C38H40O8/c1-27(39)45-37-35(43-25-31-19-11-5-12-20-31)33(41-23-29-15-7-3-8-16-29)34(42-24-30-17-9-4-10-18-30)36(38(37)46-28(2)40)44-26-32-21-13-6-14-22-32/h3-22,33-38H,23-26H2,1-2H3/t33-,34+,35-,36-,37+,38+/m1/s1. The van der Waals surface area contributed by atoms with E-state index in [2.05, 4.69) is 0 Å². The van der Waals surface area contributed by atoms with Gasteiger partial charge in [0.15, 0.2) is 12.2 Å². The van der Waals surface area contributed by atoms with E-state index in [0.29, 0.717) is 0 Å². The summed E-state index contributed by atoms with van der Waals surface area (Å²) in [4.78, 5) is 25.2. The second-order valence-corrected chi connectivity index (χ2v) is 11.2. The van der Waals surface area contributed by atoms with Crippen molar-refractivity contribution >= 4 is 11.9 Å². The number of hydrogen-bond donors (Lipinski definition) is 0. The van der Waals surface area contributed by atoms with Crippen LogP contribution in [0.3, 0.4) is 0 Å². The molecule has 1 aliphatic carbocycles. The van der Waals surface area contributed by atoms with Crippen LogP contribution in [0.5, 0.6) is 0 Å². The first-order valence-electron chi connectivity index (χ1n) is 15.4. The average molecular weight is 625 g/mol. The molecule has 6 atom stereocenters. The zero-order valence-corrected chi connectivity index (χ0v) is 26.1. The Labute approximate surface area is 270 Å². The molecule has 0 spiro atoms. The quantitative estimate of drug-likeness (QED) is 0.153. The Morgan fingerprint density at radius 1 is 0.391 bits per heavy atom. The van der Waals surface area contributed by atoms with Crippen LogP contribution in [-0.2, 0) is 64.4 Å². The number of hydrogen-bond acceptors (Lipinski definition) is 8. The van der Waals surface area contributed by atoms with Crippen LogP contribution in [0.4, 0.5) is 0 Å². The van der Waals surface area contributed by atoms with Crippen molar-refractivity contribution in [1.29, 1.82) is 0 Å². The molecule has 0 bridgehead atoms. The van der Waals surface area contributed by atoms with Gasteiger partial charge in [0.1, 0.15) is 24.4 Å².